The molecule has 0 aliphatic heterocycles. The Bertz CT molecular complexity index is 1350. The van der Waals surface area contributed by atoms with Gasteiger partial charge in [0.25, 0.3) is 0 Å². The number of benzene rings is 3. The number of ether oxygens (including phenoxy) is 1. The molecule has 0 aliphatic rings. The molecule has 0 fully saturated rings. The van der Waals surface area contributed by atoms with E-state index in [1.165, 1.54) is 19.1 Å². The van der Waals surface area contributed by atoms with Crippen molar-refractivity contribution in [1.82, 2.24) is 14.3 Å². The Morgan fingerprint density at radius 2 is 1.66 bits per heavy atom. The number of fused-ring (bicyclic) bond motifs is 1. The van der Waals surface area contributed by atoms with E-state index in [-0.39, 0.29) is 4.90 Å². The van der Waals surface area contributed by atoms with Crippen LogP contribution in [0.5, 0.6) is 5.75 Å². The van der Waals surface area contributed by atoms with Crippen molar-refractivity contribution in [2.24, 2.45) is 0 Å². The maximum absolute atomic E-state index is 12.7. The molecule has 1 aromatic heterocycles. The number of nitrogens with one attached hydrogen (secondary N) is 1. The lowest BCUT2D eigenvalue weighted by atomic mass is 10.2. The average molecular weight is 450 g/mol. The number of aromatic nitrogens is 2. The minimum absolute atomic E-state index is 0.0767. The largest absolute Gasteiger partial charge is 0.425 e. The third-order valence-corrected chi connectivity index (χ3v) is 6.62. The second-order valence-electron chi connectivity index (χ2n) is 7.45. The Labute approximate surface area is 186 Å². The van der Waals surface area contributed by atoms with Gasteiger partial charge in [-0.05, 0) is 55.8 Å². The van der Waals surface area contributed by atoms with Crippen molar-refractivity contribution < 1.29 is 17.9 Å². The topological polar surface area (TPSA) is 90.3 Å². The van der Waals surface area contributed by atoms with Gasteiger partial charge in [-0.2, -0.15) is 4.72 Å². The number of rotatable bonds is 7. The Morgan fingerprint density at radius 3 is 2.38 bits per heavy atom. The summed E-state index contributed by atoms with van der Waals surface area (Å²) in [7, 11) is -3.89. The molecule has 164 valence electrons. The molecule has 0 aliphatic carbocycles. The molecule has 3 aromatic carbocycles. The van der Waals surface area contributed by atoms with Gasteiger partial charge in [0.2, 0.25) is 10.0 Å². The van der Waals surface area contributed by atoms with E-state index in [0.29, 0.717) is 12.3 Å². The van der Waals surface area contributed by atoms with Crippen molar-refractivity contribution in [2.75, 3.05) is 0 Å². The third kappa shape index (κ3) is 4.71. The van der Waals surface area contributed by atoms with Gasteiger partial charge in [0, 0.05) is 6.54 Å². The molecule has 1 heterocycles. The molecular formula is C24H23N3O4S. The number of para-hydroxylation sites is 3. The minimum atomic E-state index is -3.89. The summed E-state index contributed by atoms with van der Waals surface area (Å²) < 4.78 is 35.1. The lowest BCUT2D eigenvalue weighted by Crippen LogP contribution is -2.40. The van der Waals surface area contributed by atoms with Gasteiger partial charge in [-0.3, -0.25) is 0 Å². The van der Waals surface area contributed by atoms with Crippen LogP contribution in [0.3, 0.4) is 0 Å². The van der Waals surface area contributed by atoms with E-state index in [1.807, 2.05) is 31.2 Å². The van der Waals surface area contributed by atoms with Crippen LogP contribution in [0.2, 0.25) is 0 Å². The summed E-state index contributed by atoms with van der Waals surface area (Å²) in [5.74, 6) is 0.560. The van der Waals surface area contributed by atoms with E-state index >= 15 is 0 Å². The zero-order valence-corrected chi connectivity index (χ0v) is 18.5. The standard InChI is InChI=1S/C24H23N3O4S/c1-17(24(28)31-20-8-4-3-5-9-20)26-32(29,30)21-14-12-19(13-15-21)16-27-18(2)25-22-10-6-7-11-23(22)27/h3-15,17,26H,16H2,1-2H3/t17-/m0/s1. The highest BCUT2D eigenvalue weighted by Gasteiger charge is 2.23. The maximum atomic E-state index is 12.7. The highest BCUT2D eigenvalue weighted by Crippen LogP contribution is 2.19. The van der Waals surface area contributed by atoms with Crippen LogP contribution in [-0.4, -0.2) is 30.0 Å². The molecule has 32 heavy (non-hydrogen) atoms. The number of nitrogens with zero attached hydrogens (tertiary/aromatic N) is 2. The zero-order valence-electron chi connectivity index (χ0n) is 17.7. The predicted octanol–water partition coefficient (Wildman–Crippen LogP) is 3.67. The molecule has 4 rings (SSSR count). The average Bonchev–Trinajstić information content (AvgIpc) is 3.09. The van der Waals surface area contributed by atoms with Gasteiger partial charge in [-0.25, -0.2) is 18.2 Å². The lowest BCUT2D eigenvalue weighted by Gasteiger charge is -2.14. The molecule has 0 saturated carbocycles. The van der Waals surface area contributed by atoms with Crippen LogP contribution in [0.15, 0.2) is 83.8 Å². The number of esters is 1. The number of sulfonamides is 1. The van der Waals surface area contributed by atoms with Crippen LogP contribution in [0.4, 0.5) is 0 Å². The van der Waals surface area contributed by atoms with Crippen LogP contribution in [0.1, 0.15) is 18.3 Å². The highest BCUT2D eigenvalue weighted by molar-refractivity contribution is 7.89. The van der Waals surface area contributed by atoms with Crippen LogP contribution < -0.4 is 9.46 Å². The number of aryl methyl sites for hydroxylation is 1. The normalized spacial score (nSPS) is 12.6. The SMILES string of the molecule is Cc1nc2ccccc2n1Cc1ccc(S(=O)(=O)N[C@@H](C)C(=O)Oc2ccccc2)cc1. The summed E-state index contributed by atoms with van der Waals surface area (Å²) in [6, 6.07) is 21.9. The summed E-state index contributed by atoms with van der Waals surface area (Å²) in [6.07, 6.45) is 0. The third-order valence-electron chi connectivity index (χ3n) is 5.07. The van der Waals surface area contributed by atoms with E-state index in [4.69, 9.17) is 4.74 Å². The van der Waals surface area contributed by atoms with Crippen LogP contribution >= 0.6 is 0 Å². The molecular weight excluding hydrogens is 426 g/mol. The molecule has 0 saturated heterocycles. The molecule has 1 N–H and O–H groups in total. The maximum Gasteiger partial charge on any atom is 0.329 e. The molecule has 4 aromatic rings. The first-order valence-electron chi connectivity index (χ1n) is 10.1. The number of carbonyl (C=O) groups is 1. The molecule has 0 bridgehead atoms. The van der Waals surface area contributed by atoms with Gasteiger partial charge in [-0.1, -0.05) is 42.5 Å². The van der Waals surface area contributed by atoms with Crippen LogP contribution in [-0.2, 0) is 21.4 Å². The monoisotopic (exact) mass is 449 g/mol. The number of imidazole rings is 1. The van der Waals surface area contributed by atoms with Crippen molar-refractivity contribution in [1.29, 1.82) is 0 Å². The fraction of sp³-hybridized carbons (Fsp3) is 0.167. The Morgan fingerprint density at radius 1 is 1.00 bits per heavy atom. The number of hydrogen-bond donors (Lipinski definition) is 1. The van der Waals surface area contributed by atoms with Gasteiger partial charge in [0.1, 0.15) is 17.6 Å². The Balaban J connectivity index is 1.45. The summed E-state index contributed by atoms with van der Waals surface area (Å²) in [5.41, 5.74) is 2.88. The van der Waals surface area contributed by atoms with Gasteiger partial charge in [-0.15, -0.1) is 0 Å². The molecule has 8 heteroatoms. The second kappa shape index (κ2) is 8.94. The smallest absolute Gasteiger partial charge is 0.329 e. The Kier molecular flexibility index (Phi) is 6.07. The van der Waals surface area contributed by atoms with E-state index < -0.39 is 22.0 Å². The minimum Gasteiger partial charge on any atom is -0.425 e. The van der Waals surface area contributed by atoms with Crippen molar-refractivity contribution in [2.45, 2.75) is 31.3 Å². The summed E-state index contributed by atoms with van der Waals surface area (Å²) in [6.45, 7) is 3.96. The number of hydrogen-bond acceptors (Lipinski definition) is 5. The van der Waals surface area contributed by atoms with Crippen molar-refractivity contribution in [3.8, 4) is 5.75 Å². The molecule has 0 spiro atoms. The molecule has 0 radical (unpaired) electrons. The number of carbonyl (C=O) groups excluding carboxylic acids is 1. The van der Waals surface area contributed by atoms with Crippen molar-refractivity contribution in [3.63, 3.8) is 0 Å². The van der Waals surface area contributed by atoms with E-state index in [2.05, 4.69) is 14.3 Å². The van der Waals surface area contributed by atoms with Gasteiger partial charge in [0.05, 0.1) is 15.9 Å². The Hall–Kier alpha value is -3.49. The first-order chi connectivity index (χ1) is 15.3. The molecule has 0 unspecified atom stereocenters. The second-order valence-corrected chi connectivity index (χ2v) is 9.17. The summed E-state index contributed by atoms with van der Waals surface area (Å²) in [5, 5.41) is 0. The summed E-state index contributed by atoms with van der Waals surface area (Å²) >= 11 is 0. The van der Waals surface area contributed by atoms with E-state index in [0.717, 1.165) is 22.4 Å². The lowest BCUT2D eigenvalue weighted by molar-refractivity contribution is -0.135. The fourth-order valence-electron chi connectivity index (χ4n) is 3.39. The van der Waals surface area contributed by atoms with Gasteiger partial charge in [0.15, 0.2) is 0 Å². The first-order valence-corrected chi connectivity index (χ1v) is 11.6. The predicted molar refractivity (Wildman–Crippen MR) is 122 cm³/mol. The fourth-order valence-corrected chi connectivity index (χ4v) is 4.59. The van der Waals surface area contributed by atoms with Gasteiger partial charge < -0.3 is 9.30 Å². The van der Waals surface area contributed by atoms with Crippen LogP contribution in [0.25, 0.3) is 11.0 Å². The summed E-state index contributed by atoms with van der Waals surface area (Å²) in [4.78, 5) is 16.9. The van der Waals surface area contributed by atoms with Crippen molar-refractivity contribution >= 4 is 27.0 Å². The zero-order chi connectivity index (χ0) is 22.7. The molecule has 0 amide bonds. The molecule has 1 atom stereocenters. The first kappa shape index (κ1) is 21.7. The quantitative estimate of drug-likeness (QED) is 0.343. The molecule has 7 nitrogen and oxygen atoms in total. The van der Waals surface area contributed by atoms with E-state index in [1.54, 1.807) is 42.5 Å². The van der Waals surface area contributed by atoms with E-state index in [9.17, 15) is 13.2 Å². The van der Waals surface area contributed by atoms with Crippen LogP contribution in [0, 0.1) is 6.92 Å². The highest BCUT2D eigenvalue weighted by atomic mass is 32.2. The van der Waals surface area contributed by atoms with Crippen molar-refractivity contribution in [3.05, 3.63) is 90.3 Å². The van der Waals surface area contributed by atoms with Gasteiger partial charge >= 0.3 is 5.97 Å².